The van der Waals surface area contributed by atoms with Crippen LogP contribution >= 0.6 is 15.9 Å². The first-order chi connectivity index (χ1) is 10.7. The number of carbonyl (C=O) groups is 1. The number of piperidine rings is 2. The van der Waals surface area contributed by atoms with Gasteiger partial charge in [-0.3, -0.25) is 4.79 Å². The van der Waals surface area contributed by atoms with Crippen molar-refractivity contribution in [2.24, 2.45) is 5.92 Å². The summed E-state index contributed by atoms with van der Waals surface area (Å²) in [5, 5.41) is 0. The first-order valence-electron chi connectivity index (χ1n) is 7.85. The molecule has 2 aromatic carbocycles. The molecule has 22 heavy (non-hydrogen) atoms. The number of para-hydroxylation sites is 1. The van der Waals surface area contributed by atoms with E-state index in [2.05, 4.69) is 69.4 Å². The van der Waals surface area contributed by atoms with Crippen molar-refractivity contribution in [2.45, 2.75) is 31.3 Å². The lowest BCUT2D eigenvalue weighted by atomic mass is 9.71. The summed E-state index contributed by atoms with van der Waals surface area (Å²) >= 11 is 3.50. The van der Waals surface area contributed by atoms with Crippen molar-refractivity contribution in [3.63, 3.8) is 0 Å². The number of benzene rings is 2. The maximum Gasteiger partial charge on any atom is 0.140 e. The summed E-state index contributed by atoms with van der Waals surface area (Å²) in [6, 6.07) is 19.5. The number of fused-ring (bicyclic) bond motifs is 3. The van der Waals surface area contributed by atoms with Crippen LogP contribution in [0.1, 0.15) is 30.9 Å². The minimum Gasteiger partial charge on any atom is -0.360 e. The number of anilines is 1. The molecule has 0 aromatic heterocycles. The van der Waals surface area contributed by atoms with E-state index in [1.165, 1.54) is 11.3 Å². The van der Waals surface area contributed by atoms with E-state index in [0.717, 1.165) is 17.3 Å². The summed E-state index contributed by atoms with van der Waals surface area (Å²) in [7, 11) is 0. The first-order valence-corrected chi connectivity index (χ1v) is 8.65. The number of hydrogen-bond donors (Lipinski definition) is 0. The van der Waals surface area contributed by atoms with E-state index in [0.29, 0.717) is 18.2 Å². The normalized spacial score (nSPS) is 27.2. The Kier molecular flexibility index (Phi) is 3.53. The second-order valence-electron chi connectivity index (χ2n) is 6.25. The standard InChI is InChI=1S/C19H18BrNO/c20-14-8-6-13(7-9-14)19-17-11-10-16(12-18(17)22)21(19)15-4-2-1-3-5-15/h1-9,16-17,19H,10-12H2/t16-,17+,19?/m0/s1. The van der Waals surface area contributed by atoms with Crippen LogP contribution < -0.4 is 4.90 Å². The van der Waals surface area contributed by atoms with Crippen LogP contribution in [0.25, 0.3) is 0 Å². The highest BCUT2D eigenvalue weighted by Gasteiger charge is 2.47. The molecule has 0 spiro atoms. The van der Waals surface area contributed by atoms with Gasteiger partial charge in [0.05, 0.1) is 6.04 Å². The summed E-state index contributed by atoms with van der Waals surface area (Å²) in [4.78, 5) is 14.9. The molecule has 3 aliphatic rings. The van der Waals surface area contributed by atoms with Gasteiger partial charge in [-0.05, 0) is 42.7 Å². The Morgan fingerprint density at radius 1 is 0.955 bits per heavy atom. The van der Waals surface area contributed by atoms with E-state index < -0.39 is 0 Å². The molecule has 2 heterocycles. The van der Waals surface area contributed by atoms with Gasteiger partial charge < -0.3 is 4.90 Å². The van der Waals surface area contributed by atoms with Crippen molar-refractivity contribution in [3.8, 4) is 0 Å². The smallest absolute Gasteiger partial charge is 0.140 e. The highest BCUT2D eigenvalue weighted by Crippen LogP contribution is 2.47. The van der Waals surface area contributed by atoms with E-state index in [1.54, 1.807) is 0 Å². The van der Waals surface area contributed by atoms with Crippen molar-refractivity contribution >= 4 is 27.4 Å². The zero-order chi connectivity index (χ0) is 15.1. The van der Waals surface area contributed by atoms with E-state index in [1.807, 2.05) is 6.07 Å². The molecule has 3 atom stereocenters. The maximum atomic E-state index is 12.4. The fraction of sp³-hybridized carbons (Fsp3) is 0.316. The van der Waals surface area contributed by atoms with Crippen LogP contribution in [-0.4, -0.2) is 11.8 Å². The van der Waals surface area contributed by atoms with Gasteiger partial charge in [0, 0.05) is 28.5 Å². The third-order valence-electron chi connectivity index (χ3n) is 5.00. The third-order valence-corrected chi connectivity index (χ3v) is 5.53. The predicted molar refractivity (Wildman–Crippen MR) is 91.9 cm³/mol. The van der Waals surface area contributed by atoms with Gasteiger partial charge in [0.15, 0.2) is 0 Å². The molecule has 112 valence electrons. The zero-order valence-electron chi connectivity index (χ0n) is 12.3. The number of nitrogens with zero attached hydrogens (tertiary/aromatic N) is 1. The number of halogens is 1. The highest BCUT2D eigenvalue weighted by molar-refractivity contribution is 9.10. The van der Waals surface area contributed by atoms with Crippen molar-refractivity contribution in [2.75, 3.05) is 4.90 Å². The van der Waals surface area contributed by atoms with Crippen molar-refractivity contribution < 1.29 is 4.79 Å². The molecule has 2 aromatic rings. The maximum absolute atomic E-state index is 12.4. The van der Waals surface area contributed by atoms with Gasteiger partial charge in [0.25, 0.3) is 0 Å². The lowest BCUT2D eigenvalue weighted by Crippen LogP contribution is -2.54. The average Bonchev–Trinajstić information content (AvgIpc) is 2.56. The molecular weight excluding hydrogens is 338 g/mol. The summed E-state index contributed by atoms with van der Waals surface area (Å²) in [6.45, 7) is 0. The molecule has 3 fully saturated rings. The van der Waals surface area contributed by atoms with Crippen LogP contribution in [0.5, 0.6) is 0 Å². The van der Waals surface area contributed by atoms with E-state index >= 15 is 0 Å². The lowest BCUT2D eigenvalue weighted by molar-refractivity contribution is -0.128. The van der Waals surface area contributed by atoms with Gasteiger partial charge in [-0.25, -0.2) is 0 Å². The number of carbonyl (C=O) groups excluding carboxylic acids is 1. The van der Waals surface area contributed by atoms with E-state index in [9.17, 15) is 4.79 Å². The lowest BCUT2D eigenvalue weighted by Gasteiger charge is -2.52. The topological polar surface area (TPSA) is 20.3 Å². The highest BCUT2D eigenvalue weighted by atomic mass is 79.9. The molecule has 2 nitrogen and oxygen atoms in total. The Hall–Kier alpha value is -1.61. The molecule has 2 saturated heterocycles. The molecule has 0 N–H and O–H groups in total. The fourth-order valence-corrected chi connectivity index (χ4v) is 4.30. The molecule has 1 unspecified atom stereocenters. The summed E-state index contributed by atoms with van der Waals surface area (Å²) in [5.74, 6) is 0.572. The van der Waals surface area contributed by atoms with Crippen LogP contribution in [0.4, 0.5) is 5.69 Å². The van der Waals surface area contributed by atoms with Gasteiger partial charge in [-0.1, -0.05) is 46.3 Å². The second kappa shape index (κ2) is 5.54. The molecule has 3 heteroatoms. The third kappa shape index (κ3) is 2.28. The van der Waals surface area contributed by atoms with Crippen molar-refractivity contribution in [3.05, 3.63) is 64.6 Å². The van der Waals surface area contributed by atoms with Crippen LogP contribution in [-0.2, 0) is 4.79 Å². The number of hydrogen-bond acceptors (Lipinski definition) is 2. The second-order valence-corrected chi connectivity index (χ2v) is 7.16. The van der Waals surface area contributed by atoms with Crippen LogP contribution in [0, 0.1) is 5.92 Å². The van der Waals surface area contributed by atoms with Gasteiger partial charge in [-0.15, -0.1) is 0 Å². The number of Topliss-reactive ketones (excluding diaryl/α,β-unsaturated/α-hetero) is 1. The van der Waals surface area contributed by atoms with Gasteiger partial charge in [0.2, 0.25) is 0 Å². The SMILES string of the molecule is O=C1C[C@@H]2CC[C@H]1C(c1ccc(Br)cc1)N2c1ccccc1. The minimum atomic E-state index is 0.131. The first kappa shape index (κ1) is 14.0. The van der Waals surface area contributed by atoms with E-state index in [4.69, 9.17) is 0 Å². The fourth-order valence-electron chi connectivity index (χ4n) is 4.04. The minimum absolute atomic E-state index is 0.131. The van der Waals surface area contributed by atoms with E-state index in [-0.39, 0.29) is 12.0 Å². The average molecular weight is 356 g/mol. The Bertz CT molecular complexity index is 682. The largest absolute Gasteiger partial charge is 0.360 e. The molecule has 5 rings (SSSR count). The molecule has 2 bridgehead atoms. The Balaban J connectivity index is 1.80. The van der Waals surface area contributed by atoms with Crippen LogP contribution in [0.3, 0.4) is 0 Å². The zero-order valence-corrected chi connectivity index (χ0v) is 13.9. The number of rotatable bonds is 2. The molecule has 2 aliphatic heterocycles. The molecule has 1 saturated carbocycles. The molecular formula is C19H18BrNO. The summed E-state index contributed by atoms with van der Waals surface area (Å²) < 4.78 is 1.08. The molecule has 0 amide bonds. The Morgan fingerprint density at radius 2 is 1.68 bits per heavy atom. The number of ketones is 1. The quantitative estimate of drug-likeness (QED) is 0.774. The predicted octanol–water partition coefficient (Wildman–Crippen LogP) is 4.75. The van der Waals surface area contributed by atoms with Crippen molar-refractivity contribution in [1.82, 2.24) is 0 Å². The molecule has 1 aliphatic carbocycles. The van der Waals surface area contributed by atoms with Crippen LogP contribution in [0.15, 0.2) is 59.1 Å². The Labute approximate surface area is 139 Å². The van der Waals surface area contributed by atoms with Crippen LogP contribution in [0.2, 0.25) is 0 Å². The molecule has 0 radical (unpaired) electrons. The Morgan fingerprint density at radius 3 is 2.36 bits per heavy atom. The summed E-state index contributed by atoms with van der Waals surface area (Å²) in [5.41, 5.74) is 2.48. The van der Waals surface area contributed by atoms with Gasteiger partial charge in [0.1, 0.15) is 5.78 Å². The monoisotopic (exact) mass is 355 g/mol. The van der Waals surface area contributed by atoms with Gasteiger partial charge >= 0.3 is 0 Å². The van der Waals surface area contributed by atoms with Crippen molar-refractivity contribution in [1.29, 1.82) is 0 Å². The van der Waals surface area contributed by atoms with Gasteiger partial charge in [-0.2, -0.15) is 0 Å². The summed E-state index contributed by atoms with van der Waals surface area (Å²) in [6.07, 6.45) is 2.85.